The maximum absolute atomic E-state index is 3.53. The van der Waals surface area contributed by atoms with Gasteiger partial charge in [-0.15, -0.1) is 0 Å². The third-order valence-corrected chi connectivity index (χ3v) is 4.05. The first kappa shape index (κ1) is 14.1. The molecule has 0 aliphatic carbocycles. The van der Waals surface area contributed by atoms with Crippen LogP contribution in [0.2, 0.25) is 0 Å². The summed E-state index contributed by atoms with van der Waals surface area (Å²) in [6.45, 7) is 7.45. The predicted molar refractivity (Wildman–Crippen MR) is 87.7 cm³/mol. The van der Waals surface area contributed by atoms with E-state index < -0.39 is 0 Å². The molecule has 2 rings (SSSR count). The van der Waals surface area contributed by atoms with Crippen LogP contribution in [-0.2, 0) is 5.33 Å². The summed E-state index contributed by atoms with van der Waals surface area (Å²) in [7, 11) is 0. The van der Waals surface area contributed by atoms with Crippen molar-refractivity contribution in [1.82, 2.24) is 0 Å². The third kappa shape index (κ3) is 3.19. The number of anilines is 2. The Morgan fingerprint density at radius 2 is 1.58 bits per heavy atom. The van der Waals surface area contributed by atoms with Crippen LogP contribution in [0, 0.1) is 13.8 Å². The lowest BCUT2D eigenvalue weighted by atomic mass is 10.1. The lowest BCUT2D eigenvalue weighted by molar-refractivity contribution is 1.02. The van der Waals surface area contributed by atoms with Crippen LogP contribution in [0.5, 0.6) is 0 Å². The van der Waals surface area contributed by atoms with Crippen LogP contribution in [0.15, 0.2) is 42.5 Å². The van der Waals surface area contributed by atoms with Gasteiger partial charge < -0.3 is 4.90 Å². The highest BCUT2D eigenvalue weighted by Crippen LogP contribution is 2.27. The van der Waals surface area contributed by atoms with Crippen LogP contribution in [0.4, 0.5) is 11.4 Å². The van der Waals surface area contributed by atoms with Gasteiger partial charge in [0.05, 0.1) is 0 Å². The minimum atomic E-state index is 0.912. The van der Waals surface area contributed by atoms with Crippen LogP contribution >= 0.6 is 15.9 Å². The summed E-state index contributed by atoms with van der Waals surface area (Å²) in [6, 6.07) is 15.4. The van der Waals surface area contributed by atoms with E-state index in [0.29, 0.717) is 0 Å². The highest BCUT2D eigenvalue weighted by Gasteiger charge is 2.08. The van der Waals surface area contributed by atoms with Gasteiger partial charge in [-0.05, 0) is 56.2 Å². The Kier molecular flexibility index (Phi) is 4.65. The molecule has 2 aromatic rings. The summed E-state index contributed by atoms with van der Waals surface area (Å²) < 4.78 is 0. The topological polar surface area (TPSA) is 3.24 Å². The number of alkyl halides is 1. The molecule has 0 heterocycles. The molecule has 0 atom stereocenters. The molecule has 0 N–H and O–H groups in total. The SMILES string of the molecule is CCN(c1ccc(C)cc1)c1ccc(CBr)c(C)c1. The number of hydrogen-bond acceptors (Lipinski definition) is 1. The Morgan fingerprint density at radius 3 is 2.11 bits per heavy atom. The monoisotopic (exact) mass is 317 g/mol. The van der Waals surface area contributed by atoms with Gasteiger partial charge >= 0.3 is 0 Å². The number of aryl methyl sites for hydroxylation is 2. The molecule has 0 aromatic heterocycles. The highest BCUT2D eigenvalue weighted by atomic mass is 79.9. The van der Waals surface area contributed by atoms with Crippen molar-refractivity contribution in [2.45, 2.75) is 26.1 Å². The van der Waals surface area contributed by atoms with E-state index in [1.807, 2.05) is 0 Å². The summed E-state index contributed by atoms with van der Waals surface area (Å²) in [5.74, 6) is 0. The van der Waals surface area contributed by atoms with E-state index in [4.69, 9.17) is 0 Å². The maximum Gasteiger partial charge on any atom is 0.0413 e. The largest absolute Gasteiger partial charge is 0.342 e. The van der Waals surface area contributed by atoms with Gasteiger partial charge in [0.25, 0.3) is 0 Å². The predicted octanol–water partition coefficient (Wildman–Crippen LogP) is 5.36. The summed E-state index contributed by atoms with van der Waals surface area (Å²) in [4.78, 5) is 2.34. The third-order valence-electron chi connectivity index (χ3n) is 3.44. The van der Waals surface area contributed by atoms with Crippen molar-refractivity contribution in [3.8, 4) is 0 Å². The van der Waals surface area contributed by atoms with Gasteiger partial charge in [-0.2, -0.15) is 0 Å². The van der Waals surface area contributed by atoms with Crippen molar-refractivity contribution in [3.05, 3.63) is 59.2 Å². The zero-order valence-electron chi connectivity index (χ0n) is 11.8. The van der Waals surface area contributed by atoms with Gasteiger partial charge in [0.2, 0.25) is 0 Å². The molecule has 2 aromatic carbocycles. The molecule has 2 heteroatoms. The van der Waals surface area contributed by atoms with Crippen LogP contribution in [0.25, 0.3) is 0 Å². The van der Waals surface area contributed by atoms with E-state index in [2.05, 4.69) is 84.1 Å². The van der Waals surface area contributed by atoms with Crippen LogP contribution in [-0.4, -0.2) is 6.54 Å². The van der Waals surface area contributed by atoms with Gasteiger partial charge in [-0.25, -0.2) is 0 Å². The molecule has 1 nitrogen and oxygen atoms in total. The van der Waals surface area contributed by atoms with Crippen molar-refractivity contribution < 1.29 is 0 Å². The molecule has 100 valence electrons. The molecular weight excluding hydrogens is 298 g/mol. The minimum absolute atomic E-state index is 0.912. The fourth-order valence-corrected chi connectivity index (χ4v) is 2.87. The number of benzene rings is 2. The average Bonchev–Trinajstić information content (AvgIpc) is 2.42. The van der Waals surface area contributed by atoms with E-state index in [0.717, 1.165) is 11.9 Å². The maximum atomic E-state index is 3.53. The quantitative estimate of drug-likeness (QED) is 0.686. The fraction of sp³-hybridized carbons (Fsp3) is 0.294. The molecule has 0 spiro atoms. The minimum Gasteiger partial charge on any atom is -0.342 e. The molecule has 0 bridgehead atoms. The van der Waals surface area contributed by atoms with Crippen molar-refractivity contribution in [2.24, 2.45) is 0 Å². The van der Waals surface area contributed by atoms with Crippen LogP contribution < -0.4 is 4.90 Å². The summed E-state index contributed by atoms with van der Waals surface area (Å²) in [6.07, 6.45) is 0. The fourth-order valence-electron chi connectivity index (χ4n) is 2.24. The zero-order valence-corrected chi connectivity index (χ0v) is 13.4. The van der Waals surface area contributed by atoms with Crippen molar-refractivity contribution in [2.75, 3.05) is 11.4 Å². The number of rotatable bonds is 4. The second-order valence-electron chi connectivity index (χ2n) is 4.82. The van der Waals surface area contributed by atoms with E-state index in [-0.39, 0.29) is 0 Å². The highest BCUT2D eigenvalue weighted by molar-refractivity contribution is 9.08. The smallest absolute Gasteiger partial charge is 0.0413 e. The molecule has 0 amide bonds. The molecule has 0 aliphatic rings. The lowest BCUT2D eigenvalue weighted by Crippen LogP contribution is -2.16. The molecule has 0 saturated heterocycles. The molecule has 0 fully saturated rings. The molecular formula is C17H20BrN. The molecule has 0 radical (unpaired) electrons. The normalized spacial score (nSPS) is 10.5. The summed E-state index contributed by atoms with van der Waals surface area (Å²) in [5.41, 5.74) is 6.49. The molecule has 0 unspecified atom stereocenters. The Morgan fingerprint density at radius 1 is 0.947 bits per heavy atom. The second-order valence-corrected chi connectivity index (χ2v) is 5.38. The first-order chi connectivity index (χ1) is 9.15. The van der Waals surface area contributed by atoms with E-state index in [9.17, 15) is 0 Å². The van der Waals surface area contributed by atoms with E-state index >= 15 is 0 Å². The molecule has 19 heavy (non-hydrogen) atoms. The summed E-state index contributed by atoms with van der Waals surface area (Å²) in [5, 5.41) is 0.912. The van der Waals surface area contributed by atoms with Gasteiger partial charge in [0.15, 0.2) is 0 Å². The molecule has 0 saturated carbocycles. The first-order valence-corrected chi connectivity index (χ1v) is 7.77. The van der Waals surface area contributed by atoms with E-state index in [1.165, 1.54) is 28.1 Å². The standard InChI is InChI=1S/C17H20BrN/c1-4-19(16-8-5-13(2)6-9-16)17-10-7-15(12-18)14(3)11-17/h5-11H,4,12H2,1-3H3. The van der Waals surface area contributed by atoms with Gasteiger partial charge in [-0.1, -0.05) is 39.7 Å². The van der Waals surface area contributed by atoms with Crippen LogP contribution in [0.1, 0.15) is 23.6 Å². The number of nitrogens with zero attached hydrogens (tertiary/aromatic N) is 1. The zero-order chi connectivity index (χ0) is 13.8. The Balaban J connectivity index is 2.36. The van der Waals surface area contributed by atoms with Crippen molar-refractivity contribution in [3.63, 3.8) is 0 Å². The lowest BCUT2D eigenvalue weighted by Gasteiger charge is -2.24. The number of hydrogen-bond donors (Lipinski definition) is 0. The first-order valence-electron chi connectivity index (χ1n) is 6.65. The van der Waals surface area contributed by atoms with Gasteiger partial charge in [-0.3, -0.25) is 0 Å². The summed E-state index contributed by atoms with van der Waals surface area (Å²) >= 11 is 3.53. The average molecular weight is 318 g/mol. The Bertz CT molecular complexity index is 546. The van der Waals surface area contributed by atoms with Gasteiger partial charge in [0.1, 0.15) is 0 Å². The van der Waals surface area contributed by atoms with Crippen molar-refractivity contribution in [1.29, 1.82) is 0 Å². The molecule has 0 aliphatic heterocycles. The van der Waals surface area contributed by atoms with Crippen LogP contribution in [0.3, 0.4) is 0 Å². The van der Waals surface area contributed by atoms with Crippen molar-refractivity contribution >= 4 is 27.3 Å². The van der Waals surface area contributed by atoms with E-state index in [1.54, 1.807) is 0 Å². The second kappa shape index (κ2) is 6.25. The Labute approximate surface area is 124 Å². The Hall–Kier alpha value is -1.28. The number of halogens is 1. The van der Waals surface area contributed by atoms with Gasteiger partial charge in [0, 0.05) is 23.2 Å².